The van der Waals surface area contributed by atoms with E-state index in [1.165, 1.54) is 11.1 Å². The number of para-hydroxylation sites is 1. The van der Waals surface area contributed by atoms with Gasteiger partial charge in [0.15, 0.2) is 17.5 Å². The van der Waals surface area contributed by atoms with E-state index in [1.807, 2.05) is 73.7 Å². The highest BCUT2D eigenvalue weighted by Crippen LogP contribution is 2.32. The van der Waals surface area contributed by atoms with Crippen LogP contribution in [-0.2, 0) is 0 Å². The molecule has 0 radical (unpaired) electrons. The van der Waals surface area contributed by atoms with Gasteiger partial charge in [0.2, 0.25) is 0 Å². The van der Waals surface area contributed by atoms with E-state index in [0.29, 0.717) is 17.5 Å². The molecule has 5 aromatic carbocycles. The van der Waals surface area contributed by atoms with Crippen LogP contribution >= 0.6 is 0 Å². The Morgan fingerprint density at radius 2 is 0.878 bits per heavy atom. The van der Waals surface area contributed by atoms with Gasteiger partial charge in [-0.25, -0.2) is 15.0 Å². The fourth-order valence-electron chi connectivity index (χ4n) is 5.16. The van der Waals surface area contributed by atoms with Crippen LogP contribution in [0.15, 0.2) is 140 Å². The molecule has 0 aliphatic rings. The van der Waals surface area contributed by atoms with Gasteiger partial charge in [-0.15, -0.1) is 0 Å². The summed E-state index contributed by atoms with van der Waals surface area (Å²) in [5.74, 6) is 1.96. The number of aryl methyl sites for hydroxylation is 1. The topological polar surface area (TPSA) is 51.6 Å². The quantitative estimate of drug-likeness (QED) is 0.224. The van der Waals surface area contributed by atoms with Gasteiger partial charge >= 0.3 is 0 Å². The van der Waals surface area contributed by atoms with Gasteiger partial charge in [-0.2, -0.15) is 0 Å². The molecule has 0 saturated heterocycles. The van der Waals surface area contributed by atoms with Crippen molar-refractivity contribution in [2.24, 2.45) is 0 Å². The second-order valence-electron chi connectivity index (χ2n) is 10.0. The number of hydrogen-bond donors (Lipinski definition) is 0. The van der Waals surface area contributed by atoms with E-state index in [2.05, 4.69) is 72.8 Å². The minimum absolute atomic E-state index is 0.648. The van der Waals surface area contributed by atoms with Gasteiger partial charge < -0.3 is 0 Å². The SMILES string of the molecule is Cc1cc(-c2ccc(-c3cccc(-c4nc(-c5ccccc5)nc(-c5ccccc5)n4)c3)cc2)c2ccccc2n1. The van der Waals surface area contributed by atoms with Crippen molar-refractivity contribution in [3.63, 3.8) is 0 Å². The maximum atomic E-state index is 4.90. The van der Waals surface area contributed by atoms with Crippen LogP contribution in [-0.4, -0.2) is 19.9 Å². The first-order chi connectivity index (χ1) is 20.2. The third-order valence-electron chi connectivity index (χ3n) is 7.19. The Labute approximate surface area is 239 Å². The molecule has 41 heavy (non-hydrogen) atoms. The van der Waals surface area contributed by atoms with Crippen LogP contribution in [0.3, 0.4) is 0 Å². The molecular weight excluding hydrogens is 500 g/mol. The molecular formula is C37H26N4. The van der Waals surface area contributed by atoms with E-state index in [9.17, 15) is 0 Å². The minimum atomic E-state index is 0.648. The number of nitrogens with zero attached hydrogens (tertiary/aromatic N) is 4. The number of hydrogen-bond acceptors (Lipinski definition) is 4. The minimum Gasteiger partial charge on any atom is -0.253 e. The van der Waals surface area contributed by atoms with Crippen LogP contribution in [0.2, 0.25) is 0 Å². The van der Waals surface area contributed by atoms with E-state index < -0.39 is 0 Å². The summed E-state index contributed by atoms with van der Waals surface area (Å²) in [6, 6.07) is 47.7. The number of aromatic nitrogens is 4. The van der Waals surface area contributed by atoms with Crippen molar-refractivity contribution >= 4 is 10.9 Å². The third-order valence-corrected chi connectivity index (χ3v) is 7.19. The van der Waals surface area contributed by atoms with Crippen molar-refractivity contribution < 1.29 is 0 Å². The molecule has 0 spiro atoms. The van der Waals surface area contributed by atoms with Crippen molar-refractivity contribution in [2.75, 3.05) is 0 Å². The van der Waals surface area contributed by atoms with Crippen molar-refractivity contribution in [3.05, 3.63) is 145 Å². The van der Waals surface area contributed by atoms with Crippen LogP contribution in [0.1, 0.15) is 5.69 Å². The zero-order chi connectivity index (χ0) is 27.6. The number of benzene rings is 5. The van der Waals surface area contributed by atoms with Crippen LogP contribution < -0.4 is 0 Å². The summed E-state index contributed by atoms with van der Waals surface area (Å²) in [5.41, 5.74) is 9.49. The van der Waals surface area contributed by atoms with Gasteiger partial charge in [0.25, 0.3) is 0 Å². The highest BCUT2D eigenvalue weighted by Gasteiger charge is 2.13. The Hall–Kier alpha value is -5.48. The molecule has 0 aliphatic carbocycles. The summed E-state index contributed by atoms with van der Waals surface area (Å²) in [7, 11) is 0. The van der Waals surface area contributed by atoms with Gasteiger partial charge in [-0.3, -0.25) is 4.98 Å². The van der Waals surface area contributed by atoms with E-state index in [1.54, 1.807) is 0 Å². The number of rotatable bonds is 5. The number of fused-ring (bicyclic) bond motifs is 1. The molecule has 0 saturated carbocycles. The lowest BCUT2D eigenvalue weighted by Crippen LogP contribution is -2.00. The van der Waals surface area contributed by atoms with Crippen LogP contribution in [0.25, 0.3) is 67.3 Å². The largest absolute Gasteiger partial charge is 0.253 e. The van der Waals surface area contributed by atoms with Crippen molar-refractivity contribution in [1.82, 2.24) is 19.9 Å². The molecule has 7 aromatic rings. The predicted molar refractivity (Wildman–Crippen MR) is 167 cm³/mol. The molecule has 0 bridgehead atoms. The highest BCUT2D eigenvalue weighted by atomic mass is 15.0. The van der Waals surface area contributed by atoms with E-state index in [4.69, 9.17) is 19.9 Å². The summed E-state index contributed by atoms with van der Waals surface area (Å²) >= 11 is 0. The third kappa shape index (κ3) is 4.99. The average Bonchev–Trinajstić information content (AvgIpc) is 3.05. The fourth-order valence-corrected chi connectivity index (χ4v) is 5.16. The molecule has 0 N–H and O–H groups in total. The van der Waals surface area contributed by atoms with Crippen molar-refractivity contribution in [2.45, 2.75) is 6.92 Å². The molecule has 0 unspecified atom stereocenters. The normalized spacial score (nSPS) is 11.0. The lowest BCUT2D eigenvalue weighted by Gasteiger charge is -2.11. The Morgan fingerprint density at radius 1 is 0.366 bits per heavy atom. The first-order valence-corrected chi connectivity index (χ1v) is 13.7. The van der Waals surface area contributed by atoms with Gasteiger partial charge in [0.1, 0.15) is 0 Å². The molecule has 0 aliphatic heterocycles. The van der Waals surface area contributed by atoms with Crippen LogP contribution in [0.5, 0.6) is 0 Å². The first kappa shape index (κ1) is 24.6. The highest BCUT2D eigenvalue weighted by molar-refractivity contribution is 5.95. The smallest absolute Gasteiger partial charge is 0.164 e. The van der Waals surface area contributed by atoms with Crippen LogP contribution in [0, 0.1) is 6.92 Å². The first-order valence-electron chi connectivity index (χ1n) is 13.7. The van der Waals surface area contributed by atoms with Gasteiger partial charge in [0, 0.05) is 27.8 Å². The average molecular weight is 527 g/mol. The summed E-state index contributed by atoms with van der Waals surface area (Å²) < 4.78 is 0. The molecule has 0 amide bonds. The summed E-state index contributed by atoms with van der Waals surface area (Å²) in [6.45, 7) is 2.05. The van der Waals surface area contributed by atoms with Gasteiger partial charge in [0.05, 0.1) is 5.52 Å². The Bertz CT molecular complexity index is 1930. The van der Waals surface area contributed by atoms with E-state index in [0.717, 1.165) is 44.4 Å². The zero-order valence-electron chi connectivity index (χ0n) is 22.6. The Balaban J connectivity index is 1.28. The molecule has 2 aromatic heterocycles. The Kier molecular flexibility index (Phi) is 6.34. The monoisotopic (exact) mass is 526 g/mol. The molecule has 194 valence electrons. The molecule has 7 rings (SSSR count). The lowest BCUT2D eigenvalue weighted by atomic mass is 9.96. The van der Waals surface area contributed by atoms with E-state index in [-0.39, 0.29) is 0 Å². The van der Waals surface area contributed by atoms with Crippen LogP contribution in [0.4, 0.5) is 0 Å². The molecule has 4 nitrogen and oxygen atoms in total. The molecule has 0 atom stereocenters. The fraction of sp³-hybridized carbons (Fsp3) is 0.0270. The zero-order valence-corrected chi connectivity index (χ0v) is 22.6. The Morgan fingerprint density at radius 3 is 1.54 bits per heavy atom. The summed E-state index contributed by atoms with van der Waals surface area (Å²) in [5, 5.41) is 1.16. The predicted octanol–water partition coefficient (Wildman–Crippen LogP) is 9.06. The summed E-state index contributed by atoms with van der Waals surface area (Å²) in [6.07, 6.45) is 0. The lowest BCUT2D eigenvalue weighted by molar-refractivity contribution is 1.07. The molecule has 0 fully saturated rings. The van der Waals surface area contributed by atoms with Gasteiger partial charge in [-0.05, 0) is 47.4 Å². The van der Waals surface area contributed by atoms with Crippen molar-refractivity contribution in [3.8, 4) is 56.4 Å². The van der Waals surface area contributed by atoms with E-state index >= 15 is 0 Å². The van der Waals surface area contributed by atoms with Gasteiger partial charge in [-0.1, -0.05) is 121 Å². The number of pyridine rings is 1. The molecule has 4 heteroatoms. The standard InChI is InChI=1S/C37H26N4/c1-25-23-33(32-17-8-9-18-34(32)38-25)27-21-19-26(20-22-27)30-15-10-16-31(24-30)37-40-35(28-11-4-2-5-12-28)39-36(41-37)29-13-6-3-7-14-29/h2-24H,1H3. The maximum absolute atomic E-state index is 4.90. The second-order valence-corrected chi connectivity index (χ2v) is 10.0. The van der Waals surface area contributed by atoms with Crippen molar-refractivity contribution in [1.29, 1.82) is 0 Å². The second kappa shape index (κ2) is 10.6. The summed E-state index contributed by atoms with van der Waals surface area (Å²) in [4.78, 5) is 19.3. The maximum Gasteiger partial charge on any atom is 0.164 e. The molecule has 2 heterocycles.